The summed E-state index contributed by atoms with van der Waals surface area (Å²) in [5.41, 5.74) is 3.31. The van der Waals surface area contributed by atoms with Gasteiger partial charge in [-0.25, -0.2) is 4.98 Å². The Morgan fingerprint density at radius 3 is 2.67 bits per heavy atom. The first-order valence-corrected chi connectivity index (χ1v) is 7.83. The van der Waals surface area contributed by atoms with Crippen LogP contribution in [0.2, 0.25) is 0 Å². The minimum Gasteiger partial charge on any atom is -0.387 e. The third-order valence-electron chi connectivity index (χ3n) is 3.46. The van der Waals surface area contributed by atoms with Gasteiger partial charge in [0.05, 0.1) is 17.5 Å². The van der Waals surface area contributed by atoms with Gasteiger partial charge in [-0.1, -0.05) is 35.4 Å². The highest BCUT2D eigenvalue weighted by atomic mass is 32.1. The molecule has 0 radical (unpaired) electrons. The van der Waals surface area contributed by atoms with Crippen LogP contribution in [0.4, 0.5) is 0 Å². The Bertz CT molecular complexity index is 711. The van der Waals surface area contributed by atoms with Crippen LogP contribution in [0.3, 0.4) is 0 Å². The summed E-state index contributed by atoms with van der Waals surface area (Å²) < 4.78 is 2.01. The number of aryl methyl sites for hydroxylation is 2. The molecule has 2 heterocycles. The minimum absolute atomic E-state index is 0.510. The molecule has 1 atom stereocenters. The van der Waals surface area contributed by atoms with Gasteiger partial charge in [0.1, 0.15) is 5.82 Å². The molecule has 4 heteroatoms. The highest BCUT2D eigenvalue weighted by Crippen LogP contribution is 2.25. The molecule has 0 aliphatic rings. The van der Waals surface area contributed by atoms with E-state index in [0.29, 0.717) is 6.54 Å². The van der Waals surface area contributed by atoms with E-state index in [-0.39, 0.29) is 0 Å². The van der Waals surface area contributed by atoms with Crippen LogP contribution in [0.15, 0.2) is 48.1 Å². The molecule has 21 heavy (non-hydrogen) atoms. The summed E-state index contributed by atoms with van der Waals surface area (Å²) in [5.74, 6) is 0.911. The first-order chi connectivity index (χ1) is 10.1. The molecule has 0 aliphatic heterocycles. The van der Waals surface area contributed by atoms with Crippen molar-refractivity contribution >= 4 is 11.3 Å². The molecule has 0 fully saturated rings. The molecule has 108 valence electrons. The van der Waals surface area contributed by atoms with Gasteiger partial charge < -0.3 is 9.67 Å². The van der Waals surface area contributed by atoms with Gasteiger partial charge in [-0.3, -0.25) is 0 Å². The standard InChI is InChI=1S/C17H18N2OS/c1-12-8-13(2)10-14(9-12)15(20)11-19-6-5-18-17(19)16-4-3-7-21-16/h3-10,15,20H,11H2,1-2H3. The van der Waals surface area contributed by atoms with Crippen LogP contribution >= 0.6 is 11.3 Å². The molecule has 0 spiro atoms. The van der Waals surface area contributed by atoms with Crippen molar-refractivity contribution in [2.24, 2.45) is 0 Å². The van der Waals surface area contributed by atoms with Crippen LogP contribution < -0.4 is 0 Å². The SMILES string of the molecule is Cc1cc(C)cc(C(O)Cn2ccnc2-c2cccs2)c1. The lowest BCUT2D eigenvalue weighted by atomic mass is 10.0. The average Bonchev–Trinajstić information content (AvgIpc) is 3.07. The van der Waals surface area contributed by atoms with Crippen LogP contribution in [-0.4, -0.2) is 14.7 Å². The number of hydrogen-bond acceptors (Lipinski definition) is 3. The third-order valence-corrected chi connectivity index (χ3v) is 4.32. The maximum Gasteiger partial charge on any atom is 0.150 e. The summed E-state index contributed by atoms with van der Waals surface area (Å²) >= 11 is 1.66. The number of aliphatic hydroxyl groups excluding tert-OH is 1. The Morgan fingerprint density at radius 2 is 2.00 bits per heavy atom. The topological polar surface area (TPSA) is 38.0 Å². The van der Waals surface area contributed by atoms with Crippen molar-refractivity contribution < 1.29 is 5.11 Å². The summed E-state index contributed by atoms with van der Waals surface area (Å²) in [6.07, 6.45) is 3.17. The second-order valence-electron chi connectivity index (χ2n) is 5.32. The third kappa shape index (κ3) is 3.06. The first-order valence-electron chi connectivity index (χ1n) is 6.95. The van der Waals surface area contributed by atoms with Crippen molar-refractivity contribution in [2.75, 3.05) is 0 Å². The lowest BCUT2D eigenvalue weighted by molar-refractivity contribution is 0.157. The predicted molar refractivity (Wildman–Crippen MR) is 86.4 cm³/mol. The molecule has 3 aromatic rings. The van der Waals surface area contributed by atoms with Crippen LogP contribution in [0, 0.1) is 13.8 Å². The van der Waals surface area contributed by atoms with E-state index in [9.17, 15) is 5.11 Å². The van der Waals surface area contributed by atoms with Crippen molar-refractivity contribution in [3.05, 3.63) is 64.8 Å². The Morgan fingerprint density at radius 1 is 1.24 bits per heavy atom. The van der Waals surface area contributed by atoms with Gasteiger partial charge >= 0.3 is 0 Å². The number of aromatic nitrogens is 2. The maximum atomic E-state index is 10.5. The molecule has 1 N–H and O–H groups in total. The summed E-state index contributed by atoms with van der Waals surface area (Å²) in [6, 6.07) is 10.3. The van der Waals surface area contributed by atoms with Crippen molar-refractivity contribution in [2.45, 2.75) is 26.5 Å². The number of hydrogen-bond donors (Lipinski definition) is 1. The van der Waals surface area contributed by atoms with E-state index in [2.05, 4.69) is 24.9 Å². The molecule has 2 aromatic heterocycles. The molecular weight excluding hydrogens is 280 g/mol. The van der Waals surface area contributed by atoms with E-state index < -0.39 is 6.10 Å². The van der Waals surface area contributed by atoms with E-state index in [0.717, 1.165) is 16.3 Å². The molecule has 3 rings (SSSR count). The van der Waals surface area contributed by atoms with Crippen LogP contribution in [0.5, 0.6) is 0 Å². The summed E-state index contributed by atoms with van der Waals surface area (Å²) in [4.78, 5) is 5.52. The van der Waals surface area contributed by atoms with Crippen LogP contribution in [0.1, 0.15) is 22.8 Å². The minimum atomic E-state index is -0.531. The number of benzene rings is 1. The zero-order valence-electron chi connectivity index (χ0n) is 12.2. The normalized spacial score (nSPS) is 12.5. The Balaban J connectivity index is 1.85. The van der Waals surface area contributed by atoms with Gasteiger partial charge in [0, 0.05) is 12.4 Å². The van der Waals surface area contributed by atoms with Crippen LogP contribution in [0.25, 0.3) is 10.7 Å². The number of imidazole rings is 1. The number of rotatable bonds is 4. The van der Waals surface area contributed by atoms with E-state index in [4.69, 9.17) is 0 Å². The van der Waals surface area contributed by atoms with E-state index in [1.807, 2.05) is 40.4 Å². The lowest BCUT2D eigenvalue weighted by Crippen LogP contribution is -2.09. The molecular formula is C17H18N2OS. The summed E-state index contributed by atoms with van der Waals surface area (Å²) in [6.45, 7) is 4.62. The molecule has 3 nitrogen and oxygen atoms in total. The summed E-state index contributed by atoms with van der Waals surface area (Å²) in [7, 11) is 0. The zero-order valence-corrected chi connectivity index (χ0v) is 13.0. The van der Waals surface area contributed by atoms with E-state index in [1.165, 1.54) is 11.1 Å². The highest BCUT2D eigenvalue weighted by molar-refractivity contribution is 7.13. The van der Waals surface area contributed by atoms with Gasteiger partial charge in [-0.2, -0.15) is 0 Å². The fourth-order valence-corrected chi connectivity index (χ4v) is 3.32. The van der Waals surface area contributed by atoms with Crippen molar-refractivity contribution in [1.82, 2.24) is 9.55 Å². The smallest absolute Gasteiger partial charge is 0.150 e. The fourth-order valence-electron chi connectivity index (χ4n) is 2.58. The van der Waals surface area contributed by atoms with Gasteiger partial charge in [-0.15, -0.1) is 11.3 Å². The fraction of sp³-hybridized carbons (Fsp3) is 0.235. The van der Waals surface area contributed by atoms with Crippen molar-refractivity contribution in [3.8, 4) is 10.7 Å². The Labute approximate surface area is 128 Å². The van der Waals surface area contributed by atoms with E-state index in [1.54, 1.807) is 17.5 Å². The number of thiophene rings is 1. The predicted octanol–water partition coefficient (Wildman–Crippen LogP) is 3.96. The van der Waals surface area contributed by atoms with Gasteiger partial charge in [-0.05, 0) is 30.9 Å². The lowest BCUT2D eigenvalue weighted by Gasteiger charge is -2.15. The second kappa shape index (κ2) is 5.84. The zero-order chi connectivity index (χ0) is 14.8. The van der Waals surface area contributed by atoms with E-state index >= 15 is 0 Å². The molecule has 0 bridgehead atoms. The summed E-state index contributed by atoms with van der Waals surface area (Å²) in [5, 5.41) is 12.6. The van der Waals surface area contributed by atoms with Gasteiger partial charge in [0.15, 0.2) is 0 Å². The Kier molecular flexibility index (Phi) is 3.90. The molecule has 0 saturated heterocycles. The molecule has 0 amide bonds. The van der Waals surface area contributed by atoms with Crippen molar-refractivity contribution in [3.63, 3.8) is 0 Å². The van der Waals surface area contributed by atoms with Gasteiger partial charge in [0.25, 0.3) is 0 Å². The second-order valence-corrected chi connectivity index (χ2v) is 6.27. The molecule has 1 aromatic carbocycles. The number of nitrogens with zero attached hydrogens (tertiary/aromatic N) is 2. The highest BCUT2D eigenvalue weighted by Gasteiger charge is 2.13. The van der Waals surface area contributed by atoms with Crippen LogP contribution in [-0.2, 0) is 6.54 Å². The maximum absolute atomic E-state index is 10.5. The molecule has 0 aliphatic carbocycles. The number of aliphatic hydroxyl groups is 1. The average molecular weight is 298 g/mol. The Hall–Kier alpha value is -1.91. The monoisotopic (exact) mass is 298 g/mol. The van der Waals surface area contributed by atoms with Crippen molar-refractivity contribution in [1.29, 1.82) is 0 Å². The largest absolute Gasteiger partial charge is 0.387 e. The quantitative estimate of drug-likeness (QED) is 0.791. The van der Waals surface area contributed by atoms with Gasteiger partial charge in [0.2, 0.25) is 0 Å². The first kappa shape index (κ1) is 14.0. The molecule has 0 saturated carbocycles. The molecule has 1 unspecified atom stereocenters.